The van der Waals surface area contributed by atoms with Crippen LogP contribution in [-0.2, 0) is 11.3 Å². The predicted molar refractivity (Wildman–Crippen MR) is 110 cm³/mol. The summed E-state index contributed by atoms with van der Waals surface area (Å²) >= 11 is 6.09. The van der Waals surface area contributed by atoms with Gasteiger partial charge in [0.25, 0.3) is 5.56 Å². The third kappa shape index (κ3) is 3.68. The van der Waals surface area contributed by atoms with E-state index in [9.17, 15) is 9.59 Å². The molecule has 27 heavy (non-hydrogen) atoms. The Labute approximate surface area is 169 Å². The van der Waals surface area contributed by atoms with Gasteiger partial charge in [-0.2, -0.15) is 0 Å². The average Bonchev–Trinajstić information content (AvgIpc) is 3.25. The third-order valence-electron chi connectivity index (χ3n) is 3.80. The van der Waals surface area contributed by atoms with Crippen molar-refractivity contribution in [1.29, 1.82) is 0 Å². The highest BCUT2D eigenvalue weighted by Gasteiger charge is 2.15. The van der Waals surface area contributed by atoms with Crippen LogP contribution in [0.25, 0.3) is 21.3 Å². The minimum Gasteiger partial charge on any atom is -0.299 e. The number of aromatic nitrogens is 4. The highest BCUT2D eigenvalue weighted by molar-refractivity contribution is 9.10. The number of rotatable bonds is 4. The van der Waals surface area contributed by atoms with Gasteiger partial charge in [-0.1, -0.05) is 39.4 Å². The number of benzene rings is 1. The number of halogens is 1. The lowest BCUT2D eigenvalue weighted by Gasteiger charge is -2.06. The minimum absolute atomic E-state index is 0.143. The Bertz CT molecular complexity index is 1200. The summed E-state index contributed by atoms with van der Waals surface area (Å²) in [7, 11) is 0. The molecule has 1 aromatic carbocycles. The molecule has 3 heterocycles. The van der Waals surface area contributed by atoms with Crippen LogP contribution >= 0.6 is 38.6 Å². The van der Waals surface area contributed by atoms with Crippen molar-refractivity contribution in [1.82, 2.24) is 19.7 Å². The molecule has 10 heteroatoms. The third-order valence-corrected chi connectivity index (χ3v) is 5.97. The van der Waals surface area contributed by atoms with Crippen LogP contribution in [0.3, 0.4) is 0 Å². The van der Waals surface area contributed by atoms with Gasteiger partial charge in [-0.25, -0.2) is 4.98 Å². The van der Waals surface area contributed by atoms with Crippen LogP contribution in [0.1, 0.15) is 5.01 Å². The second kappa shape index (κ2) is 7.29. The smallest absolute Gasteiger partial charge is 0.263 e. The monoisotopic (exact) mass is 461 g/mol. The Balaban J connectivity index is 1.67. The first kappa shape index (κ1) is 18.0. The lowest BCUT2D eigenvalue weighted by atomic mass is 10.1. The van der Waals surface area contributed by atoms with E-state index >= 15 is 0 Å². The Morgan fingerprint density at radius 3 is 2.74 bits per heavy atom. The summed E-state index contributed by atoms with van der Waals surface area (Å²) in [5, 5.41) is 13.9. The molecule has 136 valence electrons. The molecule has 0 spiro atoms. The number of carbonyl (C=O) groups is 1. The SMILES string of the molecule is Cc1nnc(NC(=O)Cn2cnc3scc(-c4ccc(Br)cc4)c3c2=O)s1. The number of nitrogens with one attached hydrogen (secondary N) is 1. The van der Waals surface area contributed by atoms with Crippen LogP contribution in [0.4, 0.5) is 5.13 Å². The van der Waals surface area contributed by atoms with Crippen LogP contribution < -0.4 is 10.9 Å². The number of aryl methyl sites for hydroxylation is 1. The van der Waals surface area contributed by atoms with Crippen molar-refractivity contribution in [3.8, 4) is 11.1 Å². The zero-order chi connectivity index (χ0) is 19.0. The van der Waals surface area contributed by atoms with Crippen LogP contribution in [-0.4, -0.2) is 25.7 Å². The Morgan fingerprint density at radius 2 is 2.04 bits per heavy atom. The van der Waals surface area contributed by atoms with Crippen molar-refractivity contribution in [2.45, 2.75) is 13.5 Å². The molecule has 0 fully saturated rings. The van der Waals surface area contributed by atoms with E-state index in [-0.39, 0.29) is 18.0 Å². The Morgan fingerprint density at radius 1 is 1.26 bits per heavy atom. The molecule has 4 rings (SSSR count). The number of carbonyl (C=O) groups excluding carboxylic acids is 1. The van der Waals surface area contributed by atoms with Crippen molar-refractivity contribution in [2.24, 2.45) is 0 Å². The number of anilines is 1. The summed E-state index contributed by atoms with van der Waals surface area (Å²) in [4.78, 5) is 30.2. The molecule has 0 aliphatic rings. The largest absolute Gasteiger partial charge is 0.299 e. The normalized spacial score (nSPS) is 11.0. The molecule has 0 bridgehead atoms. The lowest BCUT2D eigenvalue weighted by molar-refractivity contribution is -0.116. The Hall–Kier alpha value is -2.43. The van der Waals surface area contributed by atoms with E-state index in [0.717, 1.165) is 20.6 Å². The predicted octanol–water partition coefficient (Wildman–Crippen LogP) is 3.69. The lowest BCUT2D eigenvalue weighted by Crippen LogP contribution is -2.27. The van der Waals surface area contributed by atoms with Crippen molar-refractivity contribution >= 4 is 59.9 Å². The highest BCUT2D eigenvalue weighted by Crippen LogP contribution is 2.31. The van der Waals surface area contributed by atoms with Crippen molar-refractivity contribution in [3.63, 3.8) is 0 Å². The second-order valence-electron chi connectivity index (χ2n) is 5.69. The molecule has 7 nitrogen and oxygen atoms in total. The van der Waals surface area contributed by atoms with Crippen molar-refractivity contribution in [3.05, 3.63) is 55.8 Å². The summed E-state index contributed by atoms with van der Waals surface area (Å²) in [5.41, 5.74) is 1.49. The fourth-order valence-corrected chi connectivity index (χ4v) is 4.36. The van der Waals surface area contributed by atoms with E-state index in [4.69, 9.17) is 0 Å². The zero-order valence-electron chi connectivity index (χ0n) is 14.0. The van der Waals surface area contributed by atoms with Gasteiger partial charge in [0.15, 0.2) is 0 Å². The van der Waals surface area contributed by atoms with Gasteiger partial charge < -0.3 is 0 Å². The van der Waals surface area contributed by atoms with Gasteiger partial charge in [-0.05, 0) is 24.6 Å². The van der Waals surface area contributed by atoms with Gasteiger partial charge in [0, 0.05) is 15.4 Å². The molecule has 0 saturated heterocycles. The van der Waals surface area contributed by atoms with Gasteiger partial charge in [-0.3, -0.25) is 19.5 Å². The number of nitrogens with zero attached hydrogens (tertiary/aromatic N) is 4. The molecule has 0 radical (unpaired) electrons. The first-order valence-corrected chi connectivity index (χ1v) is 10.3. The van der Waals surface area contributed by atoms with E-state index in [0.29, 0.717) is 15.3 Å². The molecule has 0 atom stereocenters. The molecule has 0 unspecified atom stereocenters. The van der Waals surface area contributed by atoms with Gasteiger partial charge in [0.05, 0.1) is 11.7 Å². The van der Waals surface area contributed by atoms with Gasteiger partial charge in [-0.15, -0.1) is 21.5 Å². The Kier molecular flexibility index (Phi) is 4.85. The molecule has 0 saturated carbocycles. The number of hydrogen-bond acceptors (Lipinski definition) is 7. The molecular weight excluding hydrogens is 450 g/mol. The fraction of sp³-hybridized carbons (Fsp3) is 0.118. The molecule has 0 aliphatic carbocycles. The maximum absolute atomic E-state index is 13.0. The summed E-state index contributed by atoms with van der Waals surface area (Å²) in [6, 6.07) is 7.72. The topological polar surface area (TPSA) is 89.8 Å². The maximum atomic E-state index is 13.0. The van der Waals surface area contributed by atoms with Crippen LogP contribution in [0, 0.1) is 6.92 Å². The summed E-state index contributed by atoms with van der Waals surface area (Å²) in [5.74, 6) is -0.352. The molecule has 0 aliphatic heterocycles. The molecule has 4 aromatic rings. The van der Waals surface area contributed by atoms with Gasteiger partial charge in [0.1, 0.15) is 16.4 Å². The van der Waals surface area contributed by atoms with Crippen molar-refractivity contribution in [2.75, 3.05) is 5.32 Å². The zero-order valence-corrected chi connectivity index (χ0v) is 17.2. The number of hydrogen-bond donors (Lipinski definition) is 1. The van der Waals surface area contributed by atoms with Crippen LogP contribution in [0.15, 0.2) is 45.2 Å². The van der Waals surface area contributed by atoms with Crippen molar-refractivity contribution < 1.29 is 4.79 Å². The second-order valence-corrected chi connectivity index (χ2v) is 8.64. The molecule has 1 amide bonds. The minimum atomic E-state index is -0.352. The van der Waals surface area contributed by atoms with E-state index in [1.807, 2.05) is 29.6 Å². The maximum Gasteiger partial charge on any atom is 0.263 e. The van der Waals surface area contributed by atoms with Gasteiger partial charge in [0.2, 0.25) is 11.0 Å². The number of fused-ring (bicyclic) bond motifs is 1. The molecular formula is C17H12BrN5O2S2. The summed E-state index contributed by atoms with van der Waals surface area (Å²) < 4.78 is 2.27. The quantitative estimate of drug-likeness (QED) is 0.500. The van der Waals surface area contributed by atoms with E-state index < -0.39 is 0 Å². The van der Waals surface area contributed by atoms with Crippen LogP contribution in [0.5, 0.6) is 0 Å². The van der Waals surface area contributed by atoms with Gasteiger partial charge >= 0.3 is 0 Å². The standard InChI is InChI=1S/C17H12BrN5O2S2/c1-9-21-22-17(27-9)20-13(24)6-23-8-19-15-14(16(23)25)12(7-26-15)10-2-4-11(18)5-3-10/h2-5,7-8H,6H2,1H3,(H,20,22,24). The first-order chi connectivity index (χ1) is 13.0. The van der Waals surface area contributed by atoms with E-state index in [1.165, 1.54) is 33.6 Å². The molecule has 3 aromatic heterocycles. The summed E-state index contributed by atoms with van der Waals surface area (Å²) in [6.07, 6.45) is 1.40. The number of amides is 1. The highest BCUT2D eigenvalue weighted by atomic mass is 79.9. The van der Waals surface area contributed by atoms with Crippen LogP contribution in [0.2, 0.25) is 0 Å². The van der Waals surface area contributed by atoms with E-state index in [2.05, 4.69) is 36.4 Å². The summed E-state index contributed by atoms with van der Waals surface area (Å²) in [6.45, 7) is 1.66. The average molecular weight is 462 g/mol. The first-order valence-electron chi connectivity index (χ1n) is 7.84. The van der Waals surface area contributed by atoms with E-state index in [1.54, 1.807) is 6.92 Å². The fourth-order valence-electron chi connectivity index (χ4n) is 2.58. The number of thiophene rings is 1. The molecule has 1 N–H and O–H groups in total.